The molecule has 0 radical (unpaired) electrons. The maximum Gasteiger partial charge on any atom is 0.221 e. The smallest absolute Gasteiger partial charge is 0.221 e. The number of allylic oxidation sites excluding steroid dienone is 1. The minimum Gasteiger partial charge on any atom is -0.383 e. The van der Waals surface area contributed by atoms with Gasteiger partial charge in [-0.25, -0.2) is 9.48 Å². The lowest BCUT2D eigenvalue weighted by molar-refractivity contribution is 0.379. The summed E-state index contributed by atoms with van der Waals surface area (Å²) in [6, 6.07) is 6.26. The highest BCUT2D eigenvalue weighted by atomic mass is 32.1. The van der Waals surface area contributed by atoms with Gasteiger partial charge in [-0.1, -0.05) is 17.4 Å². The van der Waals surface area contributed by atoms with Crippen molar-refractivity contribution < 1.29 is 0 Å². The van der Waals surface area contributed by atoms with Gasteiger partial charge in [0.1, 0.15) is 36.4 Å². The number of hydrogen-bond acceptors (Lipinski definition) is 6. The molecule has 0 aromatic carbocycles. The summed E-state index contributed by atoms with van der Waals surface area (Å²) in [6.45, 7) is 2.55. The fourth-order valence-corrected chi connectivity index (χ4v) is 5.60. The van der Waals surface area contributed by atoms with E-state index >= 15 is 0 Å². The number of thiophene rings is 1. The number of fused-ring (bicyclic) bond motifs is 3. The molecule has 4 rings (SSSR count). The summed E-state index contributed by atoms with van der Waals surface area (Å²) in [5.41, 5.74) is 10.5. The largest absolute Gasteiger partial charge is 0.383 e. The van der Waals surface area contributed by atoms with E-state index in [9.17, 15) is 10.7 Å². The van der Waals surface area contributed by atoms with Gasteiger partial charge in [-0.2, -0.15) is 5.26 Å². The number of nitriles is 1. The monoisotopic (exact) mass is 433 g/mol. The number of aliphatic imine (C=N–C) groups is 1. The molecular weight excluding hydrogens is 408 g/mol. The van der Waals surface area contributed by atoms with Crippen LogP contribution in [-0.4, -0.2) is 42.6 Å². The third kappa shape index (κ3) is 3.34. The Morgan fingerprint density at radius 1 is 1.48 bits per heavy atom. The lowest BCUT2D eigenvalue weighted by atomic mass is 9.99. The number of nitrogens with one attached hydrogen (secondary N) is 2. The van der Waals surface area contributed by atoms with Crippen molar-refractivity contribution in [1.29, 1.82) is 16.1 Å². The number of rotatable bonds is 3. The Balaban J connectivity index is 1.84. The van der Waals surface area contributed by atoms with Crippen molar-refractivity contribution in [3.63, 3.8) is 0 Å². The van der Waals surface area contributed by atoms with Gasteiger partial charge >= 0.3 is 0 Å². The summed E-state index contributed by atoms with van der Waals surface area (Å²) in [7, 11) is 2.01. The Hall–Kier alpha value is -3.35. The van der Waals surface area contributed by atoms with E-state index in [1.54, 1.807) is 5.38 Å². The number of likely N-dealkylation sites (N-methyl/N-ethyl adjacent to an activating group) is 1. The Kier molecular flexibility index (Phi) is 5.43. The lowest BCUT2D eigenvalue weighted by Gasteiger charge is -2.43. The molecule has 8 nitrogen and oxygen atoms in total. The molecule has 4 N–H and O–H groups in total. The van der Waals surface area contributed by atoms with Crippen molar-refractivity contribution in [2.24, 2.45) is 10.7 Å². The van der Waals surface area contributed by atoms with Gasteiger partial charge in [0.05, 0.1) is 24.0 Å². The average Bonchev–Trinajstić information content (AvgIpc) is 3.21. The first kappa shape index (κ1) is 20.9. The van der Waals surface area contributed by atoms with Gasteiger partial charge in [0.15, 0.2) is 0 Å². The molecule has 2 atom stereocenters. The fraction of sp³-hybridized carbons (Fsp3) is 0.318. The molecule has 0 fully saturated rings. The third-order valence-electron chi connectivity index (χ3n) is 6.34. The molecule has 0 saturated carbocycles. The number of nitrogens with two attached hydrogens (primary N) is 1. The molecule has 2 aromatic rings. The number of nitrogens with zero attached hydrogens (tertiary/aromatic N) is 5. The highest BCUT2D eigenvalue weighted by Crippen LogP contribution is 2.41. The summed E-state index contributed by atoms with van der Waals surface area (Å²) >= 11 is 1.42. The lowest BCUT2D eigenvalue weighted by Crippen LogP contribution is -2.60. The van der Waals surface area contributed by atoms with E-state index in [1.807, 2.05) is 19.3 Å². The quantitative estimate of drug-likeness (QED) is 0.390. The van der Waals surface area contributed by atoms with Gasteiger partial charge in [0, 0.05) is 23.7 Å². The van der Waals surface area contributed by atoms with Crippen molar-refractivity contribution >= 4 is 40.0 Å². The summed E-state index contributed by atoms with van der Waals surface area (Å²) in [5.74, 6) is 0.637. The van der Waals surface area contributed by atoms with Gasteiger partial charge in [-0.15, -0.1) is 0 Å². The van der Waals surface area contributed by atoms with Crippen LogP contribution >= 0.6 is 11.3 Å². The first-order chi connectivity index (χ1) is 14.9. The molecule has 0 aliphatic carbocycles. The first-order valence-electron chi connectivity index (χ1n) is 10.1. The number of anilines is 1. The molecule has 0 amide bonds. The van der Waals surface area contributed by atoms with E-state index in [0.717, 1.165) is 42.0 Å². The molecule has 0 saturated heterocycles. The zero-order valence-corrected chi connectivity index (χ0v) is 18.4. The first-order valence-corrected chi connectivity index (χ1v) is 11.0. The van der Waals surface area contributed by atoms with Crippen LogP contribution in [0.15, 0.2) is 40.5 Å². The van der Waals surface area contributed by atoms with Gasteiger partial charge in [0.2, 0.25) is 10.8 Å². The van der Waals surface area contributed by atoms with Crippen LogP contribution in [0.1, 0.15) is 36.6 Å². The van der Waals surface area contributed by atoms with E-state index < -0.39 is 0 Å². The minimum absolute atomic E-state index is 0.0640. The molecule has 2 aliphatic rings. The van der Waals surface area contributed by atoms with Crippen LogP contribution in [0.2, 0.25) is 0 Å². The number of aryl methyl sites for hydroxylation is 1. The topological polar surface area (TPSA) is 126 Å². The third-order valence-corrected chi connectivity index (χ3v) is 7.50. The molecule has 0 spiro atoms. The maximum atomic E-state index is 9.63. The average molecular weight is 434 g/mol. The Morgan fingerprint density at radius 3 is 3.03 bits per heavy atom. The van der Waals surface area contributed by atoms with Crippen LogP contribution < -0.4 is 15.1 Å². The molecule has 2 unspecified atom stereocenters. The normalized spacial score (nSPS) is 23.7. The summed E-state index contributed by atoms with van der Waals surface area (Å²) in [4.78, 5) is 10.7. The fourth-order valence-electron chi connectivity index (χ4n) is 4.36. The van der Waals surface area contributed by atoms with Crippen LogP contribution in [0.25, 0.3) is 0 Å². The minimum atomic E-state index is 0.0640. The summed E-state index contributed by atoms with van der Waals surface area (Å²) in [6.07, 6.45) is 7.57. The summed E-state index contributed by atoms with van der Waals surface area (Å²) in [5, 5.41) is 28.7. The molecule has 4 heterocycles. The van der Waals surface area contributed by atoms with Crippen molar-refractivity contribution in [2.45, 2.75) is 32.2 Å². The zero-order valence-electron chi connectivity index (χ0n) is 17.6. The number of pyridine rings is 1. The maximum absolute atomic E-state index is 9.63. The summed E-state index contributed by atoms with van der Waals surface area (Å²) < 4.78 is 0.228. The molecule has 9 heteroatoms. The van der Waals surface area contributed by atoms with Crippen LogP contribution in [0.3, 0.4) is 0 Å². The van der Waals surface area contributed by atoms with Crippen LogP contribution in [0.5, 0.6) is 0 Å². The van der Waals surface area contributed by atoms with Crippen molar-refractivity contribution in [1.82, 2.24) is 9.47 Å². The van der Waals surface area contributed by atoms with E-state index in [2.05, 4.69) is 40.0 Å². The molecule has 158 valence electrons. The second kappa shape index (κ2) is 8.06. The van der Waals surface area contributed by atoms with Crippen molar-refractivity contribution in [2.75, 3.05) is 18.5 Å². The number of quaternary nitrogens is 1. The van der Waals surface area contributed by atoms with Gasteiger partial charge in [-0.3, -0.25) is 15.8 Å². The van der Waals surface area contributed by atoms with Crippen molar-refractivity contribution in [3.05, 3.63) is 52.3 Å². The van der Waals surface area contributed by atoms with Crippen LogP contribution in [0.4, 0.5) is 10.7 Å². The second-order valence-corrected chi connectivity index (χ2v) is 8.80. The van der Waals surface area contributed by atoms with Gasteiger partial charge in [-0.05, 0) is 31.9 Å². The Morgan fingerprint density at radius 2 is 2.29 bits per heavy atom. The zero-order chi connectivity index (χ0) is 22.2. The second-order valence-electron chi connectivity index (χ2n) is 7.94. The van der Waals surface area contributed by atoms with Gasteiger partial charge in [0.25, 0.3) is 0 Å². The van der Waals surface area contributed by atoms with E-state index in [-0.39, 0.29) is 16.4 Å². The number of aromatic nitrogens is 1. The van der Waals surface area contributed by atoms with E-state index in [1.165, 1.54) is 17.0 Å². The Bertz CT molecular complexity index is 1150. The van der Waals surface area contributed by atoms with E-state index in [0.29, 0.717) is 23.5 Å². The Labute approximate surface area is 185 Å². The number of amidine groups is 2. The van der Waals surface area contributed by atoms with Gasteiger partial charge < -0.3 is 10.6 Å². The molecule has 2 aromatic heterocycles. The highest BCUT2D eigenvalue weighted by Gasteiger charge is 2.44. The molecule has 2 aliphatic heterocycles. The standard InChI is InChI=1S/C22H25N8S/c1-14-5-6-16-7-8-17-18(4-3-9-27-17)29(16)11-19(25)30(14,2)22-20(21(26)28-13-24)15(10-23)12-31-22/h3-4,6,9,12-14,25H,5,7-8,11H2,1-2H3,(H3,24,26,28)/q+1. The van der Waals surface area contributed by atoms with Crippen LogP contribution in [0, 0.1) is 22.1 Å². The molecular formula is C22H25N8S+. The molecule has 0 bridgehead atoms. The number of hydrogen-bond donors (Lipinski definition) is 3. The molecule has 31 heavy (non-hydrogen) atoms. The predicted molar refractivity (Wildman–Crippen MR) is 126 cm³/mol. The predicted octanol–water partition coefficient (Wildman–Crippen LogP) is 3.37. The van der Waals surface area contributed by atoms with Crippen LogP contribution in [-0.2, 0) is 6.42 Å². The van der Waals surface area contributed by atoms with E-state index in [4.69, 9.17) is 11.1 Å². The highest BCUT2D eigenvalue weighted by molar-refractivity contribution is 7.14. The SMILES string of the molecule is CC1CC=C2CCc3ncccc3N2CC(=N)[N+]1(C)c1scc(C#N)c1C(N)=NC=N. The van der Waals surface area contributed by atoms with Crippen molar-refractivity contribution in [3.8, 4) is 6.07 Å².